The van der Waals surface area contributed by atoms with E-state index >= 15 is 0 Å². The summed E-state index contributed by atoms with van der Waals surface area (Å²) in [5, 5.41) is 14.2. The smallest absolute Gasteiger partial charge is 0.314 e. The SMILES string of the molecule is CS(=O)(=O)NCCCNC(=O)NCC1(CC(=O)O)CCC1. The maximum Gasteiger partial charge on any atom is 0.314 e. The van der Waals surface area contributed by atoms with E-state index in [1.807, 2.05) is 0 Å². The third kappa shape index (κ3) is 7.28. The summed E-state index contributed by atoms with van der Waals surface area (Å²) in [5.41, 5.74) is -0.305. The third-order valence-corrected chi connectivity index (χ3v) is 4.30. The van der Waals surface area contributed by atoms with Gasteiger partial charge in [-0.15, -0.1) is 0 Å². The molecule has 0 atom stereocenters. The van der Waals surface area contributed by atoms with E-state index in [-0.39, 0.29) is 24.4 Å². The van der Waals surface area contributed by atoms with Crippen molar-refractivity contribution in [2.24, 2.45) is 5.41 Å². The molecule has 4 N–H and O–H groups in total. The first-order valence-electron chi connectivity index (χ1n) is 6.91. The van der Waals surface area contributed by atoms with Gasteiger partial charge in [0.2, 0.25) is 10.0 Å². The molecule has 0 saturated heterocycles. The Bertz CT molecular complexity index is 473. The van der Waals surface area contributed by atoms with Gasteiger partial charge in [-0.25, -0.2) is 17.9 Å². The van der Waals surface area contributed by atoms with Crippen LogP contribution in [0, 0.1) is 5.41 Å². The highest BCUT2D eigenvalue weighted by molar-refractivity contribution is 7.88. The molecule has 0 aliphatic heterocycles. The van der Waals surface area contributed by atoms with Crippen LogP contribution < -0.4 is 15.4 Å². The summed E-state index contributed by atoms with van der Waals surface area (Å²) in [7, 11) is -3.20. The van der Waals surface area contributed by atoms with Crippen LogP contribution in [0.1, 0.15) is 32.1 Å². The molecule has 2 amide bonds. The summed E-state index contributed by atoms with van der Waals surface area (Å²) >= 11 is 0. The molecule has 0 spiro atoms. The van der Waals surface area contributed by atoms with E-state index in [4.69, 9.17) is 5.11 Å². The molecule has 1 rings (SSSR count). The number of carbonyl (C=O) groups is 2. The zero-order chi connectivity index (χ0) is 15.9. The molecule has 0 bridgehead atoms. The van der Waals surface area contributed by atoms with E-state index in [2.05, 4.69) is 15.4 Å². The van der Waals surface area contributed by atoms with Crippen molar-refractivity contribution in [3.63, 3.8) is 0 Å². The van der Waals surface area contributed by atoms with Crippen molar-refractivity contribution < 1.29 is 23.1 Å². The van der Waals surface area contributed by atoms with E-state index in [9.17, 15) is 18.0 Å². The van der Waals surface area contributed by atoms with Gasteiger partial charge < -0.3 is 15.7 Å². The van der Waals surface area contributed by atoms with Crippen molar-refractivity contribution in [1.29, 1.82) is 0 Å². The summed E-state index contributed by atoms with van der Waals surface area (Å²) in [6.07, 6.45) is 4.27. The van der Waals surface area contributed by atoms with Gasteiger partial charge in [0, 0.05) is 19.6 Å². The predicted molar refractivity (Wildman–Crippen MR) is 77.4 cm³/mol. The molecule has 0 aromatic carbocycles. The first-order chi connectivity index (χ1) is 9.72. The van der Waals surface area contributed by atoms with Crippen molar-refractivity contribution >= 4 is 22.0 Å². The second kappa shape index (κ2) is 7.60. The van der Waals surface area contributed by atoms with E-state index in [1.165, 1.54) is 0 Å². The zero-order valence-corrected chi connectivity index (χ0v) is 13.0. The molecule has 0 aromatic rings. The van der Waals surface area contributed by atoms with E-state index in [0.29, 0.717) is 19.5 Å². The molecular formula is C12H23N3O5S. The molecule has 1 aliphatic carbocycles. The zero-order valence-electron chi connectivity index (χ0n) is 12.1. The Labute approximate surface area is 124 Å². The average molecular weight is 321 g/mol. The molecular weight excluding hydrogens is 298 g/mol. The lowest BCUT2D eigenvalue weighted by molar-refractivity contribution is -0.141. The number of aliphatic carboxylic acids is 1. The lowest BCUT2D eigenvalue weighted by atomic mass is 9.66. The summed E-state index contributed by atoms with van der Waals surface area (Å²) in [5.74, 6) is -0.844. The molecule has 1 aliphatic rings. The van der Waals surface area contributed by atoms with Crippen LogP contribution in [0.15, 0.2) is 0 Å². The van der Waals surface area contributed by atoms with Crippen LogP contribution in [0.25, 0.3) is 0 Å². The minimum Gasteiger partial charge on any atom is -0.481 e. The number of carbonyl (C=O) groups excluding carboxylic acids is 1. The van der Waals surface area contributed by atoms with Crippen LogP contribution in [-0.2, 0) is 14.8 Å². The van der Waals surface area contributed by atoms with Gasteiger partial charge in [0.15, 0.2) is 0 Å². The monoisotopic (exact) mass is 321 g/mol. The summed E-state index contributed by atoms with van der Waals surface area (Å²) in [6, 6.07) is -0.356. The number of amides is 2. The number of rotatable bonds is 9. The standard InChI is InChI=1S/C12H23N3O5S/c1-21(19,20)15-7-3-6-13-11(18)14-9-12(4-2-5-12)8-10(16)17/h15H,2-9H2,1H3,(H,16,17)(H2,13,14,18). The van der Waals surface area contributed by atoms with Crippen LogP contribution in [0.4, 0.5) is 4.79 Å². The highest BCUT2D eigenvalue weighted by Crippen LogP contribution is 2.43. The Morgan fingerprint density at radius 3 is 2.33 bits per heavy atom. The Hall–Kier alpha value is -1.35. The molecule has 0 heterocycles. The van der Waals surface area contributed by atoms with Crippen LogP contribution in [0.2, 0.25) is 0 Å². The van der Waals surface area contributed by atoms with Gasteiger partial charge in [-0.2, -0.15) is 0 Å². The van der Waals surface area contributed by atoms with Crippen LogP contribution in [-0.4, -0.2) is 51.4 Å². The maximum atomic E-state index is 11.6. The second-order valence-corrected chi connectivity index (χ2v) is 7.39. The van der Waals surface area contributed by atoms with Gasteiger partial charge in [-0.1, -0.05) is 6.42 Å². The highest BCUT2D eigenvalue weighted by Gasteiger charge is 2.39. The molecule has 0 unspecified atom stereocenters. The number of sulfonamides is 1. The van der Waals surface area contributed by atoms with Gasteiger partial charge in [0.1, 0.15) is 0 Å². The highest BCUT2D eigenvalue weighted by atomic mass is 32.2. The van der Waals surface area contributed by atoms with Crippen molar-refractivity contribution in [3.8, 4) is 0 Å². The van der Waals surface area contributed by atoms with Crippen molar-refractivity contribution in [1.82, 2.24) is 15.4 Å². The molecule has 9 heteroatoms. The number of carboxylic acids is 1. The second-order valence-electron chi connectivity index (χ2n) is 5.55. The number of hydrogen-bond donors (Lipinski definition) is 4. The number of nitrogens with one attached hydrogen (secondary N) is 3. The predicted octanol–water partition coefficient (Wildman–Crippen LogP) is -0.130. The van der Waals surface area contributed by atoms with Gasteiger partial charge >= 0.3 is 12.0 Å². The minimum absolute atomic E-state index is 0.0750. The molecule has 8 nitrogen and oxygen atoms in total. The Morgan fingerprint density at radius 2 is 1.86 bits per heavy atom. The Kier molecular flexibility index (Phi) is 6.41. The number of hydrogen-bond acceptors (Lipinski definition) is 4. The number of carboxylic acid groups (broad SMARTS) is 1. The lowest BCUT2D eigenvalue weighted by Crippen LogP contribution is -2.46. The van der Waals surface area contributed by atoms with Gasteiger partial charge in [0.25, 0.3) is 0 Å². The van der Waals surface area contributed by atoms with Gasteiger partial charge in [0.05, 0.1) is 12.7 Å². The minimum atomic E-state index is -3.20. The largest absolute Gasteiger partial charge is 0.481 e. The van der Waals surface area contributed by atoms with E-state index in [1.54, 1.807) is 0 Å². The van der Waals surface area contributed by atoms with Crippen LogP contribution >= 0.6 is 0 Å². The maximum absolute atomic E-state index is 11.6. The first kappa shape index (κ1) is 17.7. The van der Waals surface area contributed by atoms with E-state index < -0.39 is 16.0 Å². The fourth-order valence-electron chi connectivity index (χ4n) is 2.29. The summed E-state index contributed by atoms with van der Waals surface area (Å²) in [6.45, 7) is 0.967. The summed E-state index contributed by atoms with van der Waals surface area (Å²) in [4.78, 5) is 22.4. The quantitative estimate of drug-likeness (QED) is 0.440. The number of urea groups is 1. The lowest BCUT2D eigenvalue weighted by Gasteiger charge is -2.40. The summed E-state index contributed by atoms with van der Waals surface area (Å²) < 4.78 is 23.9. The Balaban J connectivity index is 2.15. The van der Waals surface area contributed by atoms with Crippen LogP contribution in [0.3, 0.4) is 0 Å². The van der Waals surface area contributed by atoms with Crippen molar-refractivity contribution in [2.75, 3.05) is 25.9 Å². The third-order valence-electron chi connectivity index (χ3n) is 3.57. The van der Waals surface area contributed by atoms with Gasteiger partial charge in [-0.3, -0.25) is 4.79 Å². The van der Waals surface area contributed by atoms with Crippen molar-refractivity contribution in [3.05, 3.63) is 0 Å². The fraction of sp³-hybridized carbons (Fsp3) is 0.833. The molecule has 0 radical (unpaired) electrons. The molecule has 122 valence electrons. The topological polar surface area (TPSA) is 125 Å². The fourth-order valence-corrected chi connectivity index (χ4v) is 2.81. The normalized spacial score (nSPS) is 16.8. The van der Waals surface area contributed by atoms with Crippen LogP contribution in [0.5, 0.6) is 0 Å². The molecule has 1 saturated carbocycles. The molecule has 21 heavy (non-hydrogen) atoms. The van der Waals surface area contributed by atoms with Crippen molar-refractivity contribution in [2.45, 2.75) is 32.1 Å². The van der Waals surface area contributed by atoms with E-state index in [0.717, 1.165) is 25.5 Å². The molecule has 1 fully saturated rings. The first-order valence-corrected chi connectivity index (χ1v) is 8.80. The average Bonchev–Trinajstić information content (AvgIpc) is 2.30. The Morgan fingerprint density at radius 1 is 1.19 bits per heavy atom. The molecule has 0 aromatic heterocycles. The van der Waals surface area contributed by atoms with Gasteiger partial charge in [-0.05, 0) is 24.7 Å².